The Labute approximate surface area is 92.4 Å². The first-order chi connectivity index (χ1) is 6.93. The molecule has 0 fully saturated rings. The Hall–Kier alpha value is -0.610. The van der Waals surface area contributed by atoms with Crippen molar-refractivity contribution in [1.82, 2.24) is 10.6 Å². The third kappa shape index (κ3) is 6.47. The fourth-order valence-corrected chi connectivity index (χ4v) is 1.25. The van der Waals surface area contributed by atoms with Gasteiger partial charge >= 0.3 is 0 Å². The monoisotopic (exact) mass is 216 g/mol. The molecule has 3 N–H and O–H groups in total. The van der Waals surface area contributed by atoms with Crippen LogP contribution in [0, 0.1) is 0 Å². The maximum absolute atomic E-state index is 11.5. The summed E-state index contributed by atoms with van der Waals surface area (Å²) in [7, 11) is 0. The van der Waals surface area contributed by atoms with E-state index in [-0.39, 0.29) is 18.1 Å². The van der Waals surface area contributed by atoms with Crippen molar-refractivity contribution in [2.45, 2.75) is 52.1 Å². The van der Waals surface area contributed by atoms with Gasteiger partial charge in [0.25, 0.3) is 0 Å². The summed E-state index contributed by atoms with van der Waals surface area (Å²) in [6.07, 6.45) is 1.41. The maximum Gasteiger partial charge on any atom is 0.234 e. The van der Waals surface area contributed by atoms with Gasteiger partial charge in [-0.15, -0.1) is 0 Å². The van der Waals surface area contributed by atoms with E-state index in [1.54, 1.807) is 0 Å². The lowest BCUT2D eigenvalue weighted by molar-refractivity contribution is -0.122. The molecule has 4 nitrogen and oxygen atoms in total. The van der Waals surface area contributed by atoms with Gasteiger partial charge in [-0.1, -0.05) is 20.8 Å². The van der Waals surface area contributed by atoms with Gasteiger partial charge in [-0.25, -0.2) is 0 Å². The molecular weight excluding hydrogens is 192 g/mol. The van der Waals surface area contributed by atoms with Crippen LogP contribution >= 0.6 is 0 Å². The van der Waals surface area contributed by atoms with Crippen molar-refractivity contribution >= 4 is 5.91 Å². The van der Waals surface area contributed by atoms with Gasteiger partial charge in [0.2, 0.25) is 5.91 Å². The molecule has 0 aliphatic carbocycles. The number of amides is 1. The molecule has 0 bridgehead atoms. The van der Waals surface area contributed by atoms with E-state index < -0.39 is 0 Å². The average molecular weight is 216 g/mol. The number of aliphatic hydroxyl groups is 1. The van der Waals surface area contributed by atoms with Crippen molar-refractivity contribution in [3.63, 3.8) is 0 Å². The first-order valence-electron chi connectivity index (χ1n) is 5.59. The van der Waals surface area contributed by atoms with Crippen LogP contribution in [-0.2, 0) is 4.79 Å². The zero-order valence-corrected chi connectivity index (χ0v) is 10.3. The summed E-state index contributed by atoms with van der Waals surface area (Å²) in [6.45, 7) is 8.39. The molecule has 0 aliphatic heterocycles. The van der Waals surface area contributed by atoms with Crippen LogP contribution in [0.25, 0.3) is 0 Å². The summed E-state index contributed by atoms with van der Waals surface area (Å²) in [5.74, 6) is -0.0125. The Morgan fingerprint density at radius 3 is 2.47 bits per heavy atom. The number of aliphatic hydroxyl groups excluding tert-OH is 1. The zero-order chi connectivity index (χ0) is 11.9. The van der Waals surface area contributed by atoms with Crippen LogP contribution in [0.2, 0.25) is 0 Å². The molecule has 0 rings (SSSR count). The quantitative estimate of drug-likeness (QED) is 0.585. The number of rotatable bonds is 7. The number of carbonyl (C=O) groups is 1. The zero-order valence-electron chi connectivity index (χ0n) is 10.3. The Morgan fingerprint density at radius 2 is 2.07 bits per heavy atom. The van der Waals surface area contributed by atoms with Gasteiger partial charge < -0.3 is 15.7 Å². The van der Waals surface area contributed by atoms with Crippen molar-refractivity contribution in [2.24, 2.45) is 0 Å². The van der Waals surface area contributed by atoms with Crippen molar-refractivity contribution in [3.05, 3.63) is 0 Å². The van der Waals surface area contributed by atoms with Crippen molar-refractivity contribution in [1.29, 1.82) is 0 Å². The van der Waals surface area contributed by atoms with Gasteiger partial charge in [0.15, 0.2) is 0 Å². The van der Waals surface area contributed by atoms with Crippen molar-refractivity contribution in [3.8, 4) is 0 Å². The Kier molecular flexibility index (Phi) is 6.52. The second-order valence-corrected chi connectivity index (χ2v) is 4.47. The van der Waals surface area contributed by atoms with Crippen LogP contribution in [0.1, 0.15) is 40.5 Å². The Morgan fingerprint density at radius 1 is 1.47 bits per heavy atom. The molecule has 4 heteroatoms. The van der Waals surface area contributed by atoms with Crippen LogP contribution < -0.4 is 10.6 Å². The molecule has 1 unspecified atom stereocenters. The lowest BCUT2D eigenvalue weighted by atomic mass is 9.95. The third-order valence-corrected chi connectivity index (χ3v) is 2.56. The maximum atomic E-state index is 11.5. The smallest absolute Gasteiger partial charge is 0.234 e. The van der Waals surface area contributed by atoms with Gasteiger partial charge in [-0.2, -0.15) is 0 Å². The molecule has 0 aromatic rings. The molecule has 0 saturated heterocycles. The summed E-state index contributed by atoms with van der Waals surface area (Å²) in [5.41, 5.74) is -0.287. The molecule has 0 aromatic carbocycles. The highest BCUT2D eigenvalue weighted by molar-refractivity contribution is 5.78. The highest BCUT2D eigenvalue weighted by atomic mass is 16.3. The highest BCUT2D eigenvalue weighted by Crippen LogP contribution is 2.13. The number of hydrogen-bond donors (Lipinski definition) is 3. The van der Waals surface area contributed by atoms with Gasteiger partial charge in [0.05, 0.1) is 6.54 Å². The highest BCUT2D eigenvalue weighted by Gasteiger charge is 2.23. The molecular formula is C11H24N2O2. The minimum atomic E-state index is -0.287. The van der Waals surface area contributed by atoms with Gasteiger partial charge in [-0.05, 0) is 19.8 Å². The Balaban J connectivity index is 4.01. The van der Waals surface area contributed by atoms with E-state index in [0.717, 1.165) is 6.42 Å². The van der Waals surface area contributed by atoms with Crippen LogP contribution in [0.3, 0.4) is 0 Å². The summed E-state index contributed by atoms with van der Waals surface area (Å²) < 4.78 is 0. The minimum Gasteiger partial charge on any atom is -0.396 e. The molecule has 1 amide bonds. The van der Waals surface area contributed by atoms with Crippen molar-refractivity contribution in [2.75, 3.05) is 13.2 Å². The molecule has 15 heavy (non-hydrogen) atoms. The second-order valence-electron chi connectivity index (χ2n) is 4.47. The second kappa shape index (κ2) is 6.80. The fourth-order valence-electron chi connectivity index (χ4n) is 1.25. The molecule has 0 heterocycles. The van der Waals surface area contributed by atoms with E-state index >= 15 is 0 Å². The number of carbonyl (C=O) groups excluding carboxylic acids is 1. The lowest BCUT2D eigenvalue weighted by Crippen LogP contribution is -2.49. The standard InChI is InChI=1S/C11H24N2O2/c1-5-11(4,6-7-14)13-10(15)8-12-9(2)3/h9,12,14H,5-8H2,1-4H3,(H,13,15). The fraction of sp³-hybridized carbons (Fsp3) is 0.909. The largest absolute Gasteiger partial charge is 0.396 e. The van der Waals surface area contributed by atoms with E-state index in [1.807, 2.05) is 27.7 Å². The van der Waals surface area contributed by atoms with Crippen LogP contribution in [0.5, 0.6) is 0 Å². The van der Waals surface area contributed by atoms with Gasteiger partial charge in [-0.3, -0.25) is 4.79 Å². The molecule has 0 spiro atoms. The predicted molar refractivity (Wildman–Crippen MR) is 61.7 cm³/mol. The van der Waals surface area contributed by atoms with Gasteiger partial charge in [0.1, 0.15) is 0 Å². The SMILES string of the molecule is CCC(C)(CCO)NC(=O)CNC(C)C. The molecule has 0 aliphatic rings. The molecule has 0 radical (unpaired) electrons. The summed E-state index contributed by atoms with van der Waals surface area (Å²) >= 11 is 0. The first-order valence-corrected chi connectivity index (χ1v) is 5.59. The topological polar surface area (TPSA) is 61.4 Å². The van der Waals surface area contributed by atoms with Crippen LogP contribution in [0.15, 0.2) is 0 Å². The summed E-state index contributed by atoms with van der Waals surface area (Å²) in [4.78, 5) is 11.5. The predicted octanol–water partition coefficient (Wildman–Crippen LogP) is 0.652. The van der Waals surface area contributed by atoms with Crippen LogP contribution in [-0.4, -0.2) is 35.7 Å². The van der Waals surface area contributed by atoms with Crippen LogP contribution in [0.4, 0.5) is 0 Å². The minimum absolute atomic E-state index is 0.0125. The molecule has 0 saturated carbocycles. The molecule has 1 atom stereocenters. The number of hydrogen-bond acceptors (Lipinski definition) is 3. The van der Waals surface area contributed by atoms with E-state index in [1.165, 1.54) is 0 Å². The normalized spacial score (nSPS) is 15.1. The number of nitrogens with one attached hydrogen (secondary N) is 2. The van der Waals surface area contributed by atoms with E-state index in [9.17, 15) is 4.79 Å². The summed E-state index contributed by atoms with van der Waals surface area (Å²) in [6, 6.07) is 0.307. The Bertz CT molecular complexity index is 195. The molecule has 90 valence electrons. The lowest BCUT2D eigenvalue weighted by Gasteiger charge is -2.29. The summed E-state index contributed by atoms with van der Waals surface area (Å²) in [5, 5.41) is 14.9. The first kappa shape index (κ1) is 14.4. The average Bonchev–Trinajstić information content (AvgIpc) is 2.15. The van der Waals surface area contributed by atoms with E-state index in [2.05, 4.69) is 10.6 Å². The third-order valence-electron chi connectivity index (χ3n) is 2.56. The van der Waals surface area contributed by atoms with Gasteiger partial charge in [0, 0.05) is 18.2 Å². The van der Waals surface area contributed by atoms with E-state index in [4.69, 9.17) is 5.11 Å². The van der Waals surface area contributed by atoms with E-state index in [0.29, 0.717) is 19.0 Å². The van der Waals surface area contributed by atoms with Crippen molar-refractivity contribution < 1.29 is 9.90 Å². The molecule has 0 aromatic heterocycles.